The number of aliphatic imine (C=N–C) groups is 1. The largest absolute Gasteiger partial charge is 0.265 e. The summed E-state index contributed by atoms with van der Waals surface area (Å²) in [7, 11) is 0. The van der Waals surface area contributed by atoms with Crippen LogP contribution in [0, 0.1) is 0 Å². The third-order valence-corrected chi connectivity index (χ3v) is 1.74. The standard InChI is InChI=1S/C13H15N/c1-12-7-5-3-4-6-9-14-10-8-13(2)11-12/h3-11H,1-2H3/b4-3-,5-3?,6-4?,7-5-,9-6-,10-8?,12-7?,12-11?,13-8?,13-11?,14-9?,14-10?. The molecule has 14 heavy (non-hydrogen) atoms. The van der Waals surface area contributed by atoms with E-state index in [1.807, 2.05) is 30.4 Å². The van der Waals surface area contributed by atoms with Crippen LogP contribution in [-0.2, 0) is 0 Å². The minimum atomic E-state index is 1.20. The van der Waals surface area contributed by atoms with Crippen LogP contribution in [-0.4, -0.2) is 6.21 Å². The van der Waals surface area contributed by atoms with E-state index < -0.39 is 0 Å². The molecule has 0 aromatic heterocycles. The maximum atomic E-state index is 4.09. The van der Waals surface area contributed by atoms with Crippen LogP contribution in [0.1, 0.15) is 13.8 Å². The second-order valence-electron chi connectivity index (χ2n) is 3.18. The first kappa shape index (κ1) is 10.5. The van der Waals surface area contributed by atoms with E-state index in [1.165, 1.54) is 11.1 Å². The molecule has 0 spiro atoms. The Labute approximate surface area is 85.6 Å². The molecule has 0 aromatic carbocycles. The van der Waals surface area contributed by atoms with E-state index in [1.54, 1.807) is 12.4 Å². The van der Waals surface area contributed by atoms with Gasteiger partial charge in [0.05, 0.1) is 0 Å². The molecule has 0 saturated carbocycles. The Balaban J connectivity index is 2.91. The molecule has 0 aliphatic carbocycles. The molecule has 0 radical (unpaired) electrons. The summed E-state index contributed by atoms with van der Waals surface area (Å²) in [6, 6.07) is 0. The van der Waals surface area contributed by atoms with Gasteiger partial charge in [-0.25, -0.2) is 0 Å². The summed E-state index contributed by atoms with van der Waals surface area (Å²) in [6.07, 6.45) is 17.7. The number of hydrogen-bond donors (Lipinski definition) is 0. The predicted molar refractivity (Wildman–Crippen MR) is 63.4 cm³/mol. The Bertz CT molecular complexity index is 347. The minimum Gasteiger partial charge on any atom is -0.265 e. The molecular weight excluding hydrogens is 170 g/mol. The first-order chi connectivity index (χ1) is 6.79. The fraction of sp³-hybridized carbons (Fsp3) is 0.154. The molecule has 1 aliphatic heterocycles. The third kappa shape index (κ3) is 4.41. The van der Waals surface area contributed by atoms with Crippen molar-refractivity contribution in [2.24, 2.45) is 4.99 Å². The zero-order chi connectivity index (χ0) is 10.2. The number of allylic oxidation sites excluding steroid dienone is 9. The highest BCUT2D eigenvalue weighted by Crippen LogP contribution is 2.02. The smallest absolute Gasteiger partial charge is 0.0270 e. The van der Waals surface area contributed by atoms with E-state index in [4.69, 9.17) is 0 Å². The van der Waals surface area contributed by atoms with Gasteiger partial charge >= 0.3 is 0 Å². The van der Waals surface area contributed by atoms with Crippen LogP contribution in [0.3, 0.4) is 0 Å². The van der Waals surface area contributed by atoms with Gasteiger partial charge in [-0.2, -0.15) is 0 Å². The number of rotatable bonds is 0. The zero-order valence-corrected chi connectivity index (χ0v) is 8.64. The molecule has 0 bridgehead atoms. The van der Waals surface area contributed by atoms with Gasteiger partial charge in [0.15, 0.2) is 0 Å². The van der Waals surface area contributed by atoms with Gasteiger partial charge in [0, 0.05) is 12.4 Å². The Hall–Kier alpha value is -1.63. The van der Waals surface area contributed by atoms with Gasteiger partial charge in [0.1, 0.15) is 0 Å². The fourth-order valence-corrected chi connectivity index (χ4v) is 1.10. The van der Waals surface area contributed by atoms with Gasteiger partial charge < -0.3 is 0 Å². The third-order valence-electron chi connectivity index (χ3n) is 1.74. The van der Waals surface area contributed by atoms with Gasteiger partial charge in [-0.15, -0.1) is 0 Å². The lowest BCUT2D eigenvalue weighted by Crippen LogP contribution is -1.75. The Morgan fingerprint density at radius 3 is 2.57 bits per heavy atom. The first-order valence-corrected chi connectivity index (χ1v) is 4.67. The van der Waals surface area contributed by atoms with Crippen molar-refractivity contribution in [3.63, 3.8) is 0 Å². The Morgan fingerprint density at radius 1 is 0.929 bits per heavy atom. The van der Waals surface area contributed by atoms with Crippen LogP contribution in [0.25, 0.3) is 0 Å². The van der Waals surface area contributed by atoms with E-state index in [0.29, 0.717) is 0 Å². The summed E-state index contributed by atoms with van der Waals surface area (Å²) >= 11 is 0. The molecule has 0 atom stereocenters. The van der Waals surface area contributed by atoms with Gasteiger partial charge in [-0.3, -0.25) is 4.99 Å². The first-order valence-electron chi connectivity index (χ1n) is 4.67. The van der Waals surface area contributed by atoms with Crippen LogP contribution in [0.5, 0.6) is 0 Å². The van der Waals surface area contributed by atoms with Gasteiger partial charge in [-0.05, 0) is 31.6 Å². The molecule has 0 fully saturated rings. The average Bonchev–Trinajstić information content (AvgIpc) is 2.13. The molecular formula is C13H15N. The van der Waals surface area contributed by atoms with Gasteiger partial charge in [0.2, 0.25) is 0 Å². The van der Waals surface area contributed by atoms with Crippen molar-refractivity contribution in [3.05, 3.63) is 59.9 Å². The summed E-state index contributed by atoms with van der Waals surface area (Å²) in [6.45, 7) is 4.15. The zero-order valence-electron chi connectivity index (χ0n) is 8.64. The van der Waals surface area contributed by atoms with Crippen LogP contribution in [0.4, 0.5) is 0 Å². The molecule has 0 unspecified atom stereocenters. The van der Waals surface area contributed by atoms with Crippen molar-refractivity contribution in [2.45, 2.75) is 13.8 Å². The SMILES string of the molecule is CC1=CC=N\C=C/C=C\C=C/C(C)=C1. The molecule has 0 saturated heterocycles. The molecule has 1 heteroatoms. The molecule has 1 nitrogen and oxygen atoms in total. The highest BCUT2D eigenvalue weighted by Gasteiger charge is 1.83. The summed E-state index contributed by atoms with van der Waals surface area (Å²) in [5, 5.41) is 0. The highest BCUT2D eigenvalue weighted by atomic mass is 14.6. The van der Waals surface area contributed by atoms with Crippen molar-refractivity contribution in [3.8, 4) is 0 Å². The number of nitrogens with zero attached hydrogens (tertiary/aromatic N) is 1. The molecule has 0 aromatic rings. The normalized spacial score (nSPS) is 23.9. The van der Waals surface area contributed by atoms with E-state index in [-0.39, 0.29) is 0 Å². The lowest BCUT2D eigenvalue weighted by atomic mass is 10.1. The van der Waals surface area contributed by atoms with E-state index in [0.717, 1.165) is 0 Å². The van der Waals surface area contributed by atoms with Crippen LogP contribution >= 0.6 is 0 Å². The van der Waals surface area contributed by atoms with Crippen molar-refractivity contribution in [1.82, 2.24) is 0 Å². The Kier molecular flexibility index (Phi) is 4.42. The summed E-state index contributed by atoms with van der Waals surface area (Å²) in [4.78, 5) is 4.09. The predicted octanol–water partition coefficient (Wildman–Crippen LogP) is 3.59. The van der Waals surface area contributed by atoms with Crippen LogP contribution < -0.4 is 0 Å². The van der Waals surface area contributed by atoms with E-state index in [9.17, 15) is 0 Å². The number of hydrogen-bond acceptors (Lipinski definition) is 1. The Morgan fingerprint density at radius 2 is 1.71 bits per heavy atom. The molecule has 0 amide bonds. The minimum absolute atomic E-state index is 1.20. The summed E-state index contributed by atoms with van der Waals surface area (Å²) < 4.78 is 0. The second kappa shape index (κ2) is 5.92. The molecule has 72 valence electrons. The van der Waals surface area contributed by atoms with Crippen molar-refractivity contribution in [1.29, 1.82) is 0 Å². The van der Waals surface area contributed by atoms with E-state index in [2.05, 4.69) is 31.0 Å². The summed E-state index contributed by atoms with van der Waals surface area (Å²) in [5.74, 6) is 0. The quantitative estimate of drug-likeness (QED) is 0.547. The molecule has 1 aliphatic rings. The topological polar surface area (TPSA) is 12.4 Å². The highest BCUT2D eigenvalue weighted by molar-refractivity contribution is 5.73. The maximum Gasteiger partial charge on any atom is 0.0270 e. The fourth-order valence-electron chi connectivity index (χ4n) is 1.10. The van der Waals surface area contributed by atoms with Crippen LogP contribution in [0.2, 0.25) is 0 Å². The lowest BCUT2D eigenvalue weighted by Gasteiger charge is -1.92. The molecule has 1 rings (SSSR count). The molecule has 1 heterocycles. The van der Waals surface area contributed by atoms with Crippen molar-refractivity contribution in [2.75, 3.05) is 0 Å². The average molecular weight is 185 g/mol. The molecule has 0 N–H and O–H groups in total. The van der Waals surface area contributed by atoms with Crippen molar-refractivity contribution >= 4 is 6.21 Å². The summed E-state index contributed by atoms with van der Waals surface area (Å²) in [5.41, 5.74) is 2.44. The van der Waals surface area contributed by atoms with Gasteiger partial charge in [-0.1, -0.05) is 36.0 Å². The monoisotopic (exact) mass is 185 g/mol. The van der Waals surface area contributed by atoms with Crippen LogP contribution in [0.15, 0.2) is 64.9 Å². The van der Waals surface area contributed by atoms with E-state index >= 15 is 0 Å². The maximum absolute atomic E-state index is 4.09. The van der Waals surface area contributed by atoms with Gasteiger partial charge in [0.25, 0.3) is 0 Å². The van der Waals surface area contributed by atoms with Crippen molar-refractivity contribution < 1.29 is 0 Å². The lowest BCUT2D eigenvalue weighted by molar-refractivity contribution is 1.44. The second-order valence-corrected chi connectivity index (χ2v) is 3.18.